The Labute approximate surface area is 103 Å². The van der Waals surface area contributed by atoms with Gasteiger partial charge in [0.2, 0.25) is 0 Å². The molecule has 0 aromatic carbocycles. The summed E-state index contributed by atoms with van der Waals surface area (Å²) >= 11 is 5.74. The van der Waals surface area contributed by atoms with Crippen molar-refractivity contribution in [1.29, 1.82) is 0 Å². The first-order valence-electron chi connectivity index (χ1n) is 4.90. The number of ether oxygens (including phenoxy) is 1. The Morgan fingerprint density at radius 1 is 1.59 bits per heavy atom. The summed E-state index contributed by atoms with van der Waals surface area (Å²) in [5, 5.41) is 11.4. The number of nitrogens with zero attached hydrogens (tertiary/aromatic N) is 1. The molecule has 0 spiro atoms. The SMILES string of the molecule is Cn1cc(Cl)cc1C(=O)NCCOCC(=O)O. The van der Waals surface area contributed by atoms with E-state index in [1.54, 1.807) is 23.9 Å². The molecule has 0 bridgehead atoms. The number of aromatic nitrogens is 1. The third-order valence-corrected chi connectivity index (χ3v) is 2.17. The normalized spacial score (nSPS) is 10.2. The second-order valence-corrected chi connectivity index (χ2v) is 3.79. The van der Waals surface area contributed by atoms with Crippen LogP contribution in [0.2, 0.25) is 5.02 Å². The molecule has 0 atom stereocenters. The van der Waals surface area contributed by atoms with Crippen molar-refractivity contribution >= 4 is 23.5 Å². The van der Waals surface area contributed by atoms with E-state index in [4.69, 9.17) is 21.4 Å². The maximum Gasteiger partial charge on any atom is 0.329 e. The van der Waals surface area contributed by atoms with Gasteiger partial charge in [0.05, 0.1) is 11.6 Å². The quantitative estimate of drug-likeness (QED) is 0.731. The Hall–Kier alpha value is -1.53. The molecule has 0 aliphatic heterocycles. The lowest BCUT2D eigenvalue weighted by Gasteiger charge is -2.05. The number of carboxylic acids is 1. The van der Waals surface area contributed by atoms with Crippen LogP contribution in [-0.2, 0) is 16.6 Å². The van der Waals surface area contributed by atoms with Crippen LogP contribution >= 0.6 is 11.6 Å². The smallest absolute Gasteiger partial charge is 0.329 e. The van der Waals surface area contributed by atoms with Gasteiger partial charge in [0.25, 0.3) is 5.91 Å². The molecule has 7 heteroatoms. The minimum atomic E-state index is -1.04. The van der Waals surface area contributed by atoms with Gasteiger partial charge in [-0.2, -0.15) is 0 Å². The van der Waals surface area contributed by atoms with E-state index in [2.05, 4.69) is 5.32 Å². The summed E-state index contributed by atoms with van der Waals surface area (Å²) in [5.41, 5.74) is 0.438. The number of aliphatic carboxylic acids is 1. The van der Waals surface area contributed by atoms with Crippen LogP contribution in [0.3, 0.4) is 0 Å². The monoisotopic (exact) mass is 260 g/mol. The molecule has 6 nitrogen and oxygen atoms in total. The highest BCUT2D eigenvalue weighted by Gasteiger charge is 2.10. The summed E-state index contributed by atoms with van der Waals surface area (Å²) in [6.07, 6.45) is 1.62. The molecule has 2 N–H and O–H groups in total. The number of carboxylic acid groups (broad SMARTS) is 1. The van der Waals surface area contributed by atoms with Gasteiger partial charge in [-0.05, 0) is 6.07 Å². The largest absolute Gasteiger partial charge is 0.480 e. The third kappa shape index (κ3) is 4.46. The number of carbonyl (C=O) groups is 2. The highest BCUT2D eigenvalue weighted by Crippen LogP contribution is 2.12. The van der Waals surface area contributed by atoms with Crippen molar-refractivity contribution in [2.24, 2.45) is 7.05 Å². The van der Waals surface area contributed by atoms with Gasteiger partial charge in [0.1, 0.15) is 12.3 Å². The van der Waals surface area contributed by atoms with Crippen molar-refractivity contribution in [3.05, 3.63) is 23.0 Å². The van der Waals surface area contributed by atoms with E-state index in [0.29, 0.717) is 10.7 Å². The molecule has 1 amide bonds. The van der Waals surface area contributed by atoms with Crippen LogP contribution in [0, 0.1) is 0 Å². The standard InChI is InChI=1S/C10H13ClN2O4/c1-13-5-7(11)4-8(13)10(16)12-2-3-17-6-9(14)15/h4-5H,2-3,6H2,1H3,(H,12,16)(H,14,15). The van der Waals surface area contributed by atoms with E-state index in [1.165, 1.54) is 0 Å². The highest BCUT2D eigenvalue weighted by atomic mass is 35.5. The molecule has 0 radical (unpaired) electrons. The molecule has 0 aliphatic carbocycles. The zero-order chi connectivity index (χ0) is 12.8. The predicted octanol–water partition coefficient (Wildman–Crippen LogP) is 0.509. The first kappa shape index (κ1) is 13.5. The minimum Gasteiger partial charge on any atom is -0.480 e. The zero-order valence-electron chi connectivity index (χ0n) is 9.27. The first-order chi connectivity index (χ1) is 8.00. The summed E-state index contributed by atoms with van der Waals surface area (Å²) in [5.74, 6) is -1.32. The fourth-order valence-electron chi connectivity index (χ4n) is 1.24. The Morgan fingerprint density at radius 3 is 2.82 bits per heavy atom. The van der Waals surface area contributed by atoms with Gasteiger partial charge >= 0.3 is 5.97 Å². The van der Waals surface area contributed by atoms with Crippen molar-refractivity contribution in [1.82, 2.24) is 9.88 Å². The predicted molar refractivity (Wildman–Crippen MR) is 61.2 cm³/mol. The number of carbonyl (C=O) groups excluding carboxylic acids is 1. The van der Waals surface area contributed by atoms with Gasteiger partial charge in [0.15, 0.2) is 0 Å². The van der Waals surface area contributed by atoms with Crippen LogP contribution in [0.4, 0.5) is 0 Å². The maximum absolute atomic E-state index is 11.6. The van der Waals surface area contributed by atoms with E-state index in [9.17, 15) is 9.59 Å². The summed E-state index contributed by atoms with van der Waals surface area (Å²) in [4.78, 5) is 21.7. The lowest BCUT2D eigenvalue weighted by Crippen LogP contribution is -2.29. The van der Waals surface area contributed by atoms with Gasteiger partial charge in [-0.25, -0.2) is 4.79 Å². The fraction of sp³-hybridized carbons (Fsp3) is 0.400. The number of nitrogens with one attached hydrogen (secondary N) is 1. The summed E-state index contributed by atoms with van der Waals surface area (Å²) in [6.45, 7) is 0.0248. The zero-order valence-corrected chi connectivity index (χ0v) is 10.0. The number of hydrogen-bond donors (Lipinski definition) is 2. The lowest BCUT2D eigenvalue weighted by molar-refractivity contribution is -0.142. The highest BCUT2D eigenvalue weighted by molar-refractivity contribution is 6.31. The average molecular weight is 261 g/mol. The molecular formula is C10H13ClN2O4. The molecule has 0 saturated heterocycles. The van der Waals surface area contributed by atoms with Crippen molar-refractivity contribution in [3.8, 4) is 0 Å². The van der Waals surface area contributed by atoms with Crippen LogP contribution in [0.25, 0.3) is 0 Å². The van der Waals surface area contributed by atoms with Gasteiger partial charge in [-0.3, -0.25) is 4.79 Å². The van der Waals surface area contributed by atoms with Crippen LogP contribution in [0.1, 0.15) is 10.5 Å². The molecule has 0 aliphatic rings. The maximum atomic E-state index is 11.6. The summed E-state index contributed by atoms with van der Waals surface area (Å²) in [6, 6.07) is 1.55. The van der Waals surface area contributed by atoms with Crippen molar-refractivity contribution in [2.45, 2.75) is 0 Å². The second-order valence-electron chi connectivity index (χ2n) is 3.36. The van der Waals surface area contributed by atoms with E-state index in [-0.39, 0.29) is 25.7 Å². The Morgan fingerprint density at radius 2 is 2.29 bits per heavy atom. The second kappa shape index (κ2) is 6.27. The molecule has 1 aromatic rings. The molecule has 0 fully saturated rings. The molecule has 17 heavy (non-hydrogen) atoms. The number of rotatable bonds is 6. The van der Waals surface area contributed by atoms with Crippen molar-refractivity contribution in [3.63, 3.8) is 0 Å². The van der Waals surface area contributed by atoms with Gasteiger partial charge in [-0.1, -0.05) is 11.6 Å². The molecule has 1 heterocycles. The van der Waals surface area contributed by atoms with Gasteiger partial charge < -0.3 is 19.7 Å². The topological polar surface area (TPSA) is 80.6 Å². The van der Waals surface area contributed by atoms with Crippen molar-refractivity contribution < 1.29 is 19.4 Å². The van der Waals surface area contributed by atoms with Crippen LogP contribution in [-0.4, -0.2) is 41.3 Å². The van der Waals surface area contributed by atoms with E-state index in [0.717, 1.165) is 0 Å². The van der Waals surface area contributed by atoms with E-state index in [1.807, 2.05) is 0 Å². The Bertz CT molecular complexity index is 416. The molecule has 0 saturated carbocycles. The number of hydrogen-bond acceptors (Lipinski definition) is 3. The molecule has 1 aromatic heterocycles. The summed E-state index contributed by atoms with van der Waals surface area (Å²) < 4.78 is 6.38. The molecular weight excluding hydrogens is 248 g/mol. The minimum absolute atomic E-state index is 0.149. The van der Waals surface area contributed by atoms with E-state index < -0.39 is 5.97 Å². The third-order valence-electron chi connectivity index (χ3n) is 1.96. The lowest BCUT2D eigenvalue weighted by atomic mass is 10.4. The molecule has 0 unspecified atom stereocenters. The van der Waals surface area contributed by atoms with Crippen LogP contribution in [0.15, 0.2) is 12.3 Å². The Kier molecular flexibility index (Phi) is 4.99. The van der Waals surface area contributed by atoms with Crippen LogP contribution in [0.5, 0.6) is 0 Å². The fourth-order valence-corrected chi connectivity index (χ4v) is 1.49. The number of halogens is 1. The number of amides is 1. The summed E-state index contributed by atoms with van der Waals surface area (Å²) in [7, 11) is 1.71. The molecule has 1 rings (SSSR count). The van der Waals surface area contributed by atoms with Gasteiger partial charge in [0, 0.05) is 19.8 Å². The molecule has 94 valence electrons. The average Bonchev–Trinajstić information content (AvgIpc) is 2.56. The first-order valence-corrected chi connectivity index (χ1v) is 5.28. The number of aryl methyl sites for hydroxylation is 1. The van der Waals surface area contributed by atoms with Gasteiger partial charge in [-0.15, -0.1) is 0 Å². The Balaban J connectivity index is 2.30. The van der Waals surface area contributed by atoms with Crippen LogP contribution < -0.4 is 5.32 Å². The van der Waals surface area contributed by atoms with Crippen molar-refractivity contribution in [2.75, 3.05) is 19.8 Å². The van der Waals surface area contributed by atoms with E-state index >= 15 is 0 Å².